The first-order valence-corrected chi connectivity index (χ1v) is 11.2. The van der Waals surface area contributed by atoms with Crippen LogP contribution < -0.4 is 9.64 Å². The molecule has 160 valence electrons. The highest BCUT2D eigenvalue weighted by Crippen LogP contribution is 2.44. The van der Waals surface area contributed by atoms with Crippen molar-refractivity contribution in [2.45, 2.75) is 31.1 Å². The Morgan fingerprint density at radius 3 is 2.23 bits per heavy atom. The predicted octanol–water partition coefficient (Wildman–Crippen LogP) is 5.57. The standard InChI is InChI=1S/C26H27ClN2O2/c1-25(28-17-15-26(30,16-18-28)20-11-13-21(27)14-12-20)19-29(22-7-3-2-4-8-22)23-9-5-6-10-24(23)31-25/h2-14,30H,15-19H2,1H3. The van der Waals surface area contributed by atoms with Gasteiger partial charge in [0.15, 0.2) is 5.72 Å². The van der Waals surface area contributed by atoms with Crippen molar-refractivity contribution in [1.29, 1.82) is 0 Å². The van der Waals surface area contributed by atoms with E-state index in [1.807, 2.05) is 48.5 Å². The second-order valence-electron chi connectivity index (χ2n) is 8.69. The van der Waals surface area contributed by atoms with Crippen molar-refractivity contribution < 1.29 is 9.84 Å². The second kappa shape index (κ2) is 7.86. The molecule has 0 saturated carbocycles. The molecular formula is C26H27ClN2O2. The highest BCUT2D eigenvalue weighted by molar-refractivity contribution is 6.30. The van der Waals surface area contributed by atoms with E-state index in [9.17, 15) is 5.11 Å². The van der Waals surface area contributed by atoms with Gasteiger partial charge in [-0.3, -0.25) is 4.90 Å². The molecule has 31 heavy (non-hydrogen) atoms. The molecule has 0 aromatic heterocycles. The van der Waals surface area contributed by atoms with E-state index in [2.05, 4.69) is 47.1 Å². The minimum absolute atomic E-state index is 0.495. The molecule has 1 unspecified atom stereocenters. The van der Waals surface area contributed by atoms with Crippen LogP contribution in [0.3, 0.4) is 0 Å². The fourth-order valence-corrected chi connectivity index (χ4v) is 4.94. The van der Waals surface area contributed by atoms with Crippen LogP contribution in [0.2, 0.25) is 5.02 Å². The number of ether oxygens (including phenoxy) is 1. The van der Waals surface area contributed by atoms with Crippen molar-refractivity contribution >= 4 is 23.0 Å². The number of rotatable bonds is 3. The first-order valence-electron chi connectivity index (χ1n) is 10.8. The molecule has 3 aromatic carbocycles. The summed E-state index contributed by atoms with van der Waals surface area (Å²) in [5, 5.41) is 12.0. The summed E-state index contributed by atoms with van der Waals surface area (Å²) in [6.45, 7) is 4.37. The Hall–Kier alpha value is -2.53. The fraction of sp³-hybridized carbons (Fsp3) is 0.308. The Morgan fingerprint density at radius 1 is 0.871 bits per heavy atom. The third-order valence-corrected chi connectivity index (χ3v) is 6.90. The van der Waals surface area contributed by atoms with Crippen molar-refractivity contribution in [3.8, 4) is 5.75 Å². The average molecular weight is 435 g/mol. The summed E-state index contributed by atoms with van der Waals surface area (Å²) in [5.74, 6) is 0.888. The summed E-state index contributed by atoms with van der Waals surface area (Å²) < 4.78 is 6.59. The van der Waals surface area contributed by atoms with Gasteiger partial charge in [-0.25, -0.2) is 0 Å². The largest absolute Gasteiger partial charge is 0.469 e. The van der Waals surface area contributed by atoms with Crippen molar-refractivity contribution in [3.63, 3.8) is 0 Å². The van der Waals surface area contributed by atoms with Crippen LogP contribution in [-0.4, -0.2) is 35.4 Å². The molecule has 2 aliphatic heterocycles. The van der Waals surface area contributed by atoms with Gasteiger partial charge >= 0.3 is 0 Å². The monoisotopic (exact) mass is 434 g/mol. The number of nitrogens with zero attached hydrogens (tertiary/aromatic N) is 2. The summed E-state index contributed by atoms with van der Waals surface area (Å²) in [7, 11) is 0. The van der Waals surface area contributed by atoms with E-state index < -0.39 is 11.3 Å². The van der Waals surface area contributed by atoms with Crippen LogP contribution in [-0.2, 0) is 5.60 Å². The van der Waals surface area contributed by atoms with Crippen molar-refractivity contribution in [2.75, 3.05) is 24.5 Å². The summed E-state index contributed by atoms with van der Waals surface area (Å²) in [6.07, 6.45) is 1.31. The predicted molar refractivity (Wildman–Crippen MR) is 125 cm³/mol. The molecule has 5 heteroatoms. The lowest BCUT2D eigenvalue weighted by Crippen LogP contribution is -2.62. The first-order chi connectivity index (χ1) is 15.0. The Labute approximate surface area is 188 Å². The third-order valence-electron chi connectivity index (χ3n) is 6.65. The van der Waals surface area contributed by atoms with E-state index in [1.54, 1.807) is 0 Å². The van der Waals surface area contributed by atoms with Gasteiger partial charge in [-0.2, -0.15) is 0 Å². The molecule has 1 atom stereocenters. The van der Waals surface area contributed by atoms with Gasteiger partial charge in [0.2, 0.25) is 0 Å². The number of fused-ring (bicyclic) bond motifs is 1. The first kappa shape index (κ1) is 20.4. The molecule has 0 amide bonds. The quantitative estimate of drug-likeness (QED) is 0.584. The molecule has 0 spiro atoms. The summed E-state index contributed by atoms with van der Waals surface area (Å²) in [4.78, 5) is 4.70. The average Bonchev–Trinajstić information content (AvgIpc) is 2.80. The highest BCUT2D eigenvalue weighted by atomic mass is 35.5. The minimum Gasteiger partial charge on any atom is -0.469 e. The normalized spacial score (nSPS) is 23.1. The number of piperidine rings is 1. The molecule has 4 nitrogen and oxygen atoms in total. The fourth-order valence-electron chi connectivity index (χ4n) is 4.82. The summed E-state index contributed by atoms with van der Waals surface area (Å²) in [5.41, 5.74) is 1.84. The van der Waals surface area contributed by atoms with Crippen LogP contribution in [0.15, 0.2) is 78.9 Å². The maximum atomic E-state index is 11.3. The van der Waals surface area contributed by atoms with Gasteiger partial charge in [0, 0.05) is 23.8 Å². The summed E-state index contributed by atoms with van der Waals surface area (Å²) >= 11 is 6.03. The Morgan fingerprint density at radius 2 is 1.52 bits per heavy atom. The maximum absolute atomic E-state index is 11.3. The molecule has 0 aliphatic carbocycles. The van der Waals surface area contributed by atoms with Gasteiger partial charge in [-0.1, -0.05) is 54.1 Å². The van der Waals surface area contributed by atoms with Gasteiger partial charge in [0.1, 0.15) is 5.75 Å². The molecule has 1 fully saturated rings. The molecule has 0 radical (unpaired) electrons. The smallest absolute Gasteiger partial charge is 0.178 e. The van der Waals surface area contributed by atoms with Crippen LogP contribution in [0.5, 0.6) is 5.75 Å². The van der Waals surface area contributed by atoms with Crippen molar-refractivity contribution in [1.82, 2.24) is 4.90 Å². The van der Waals surface area contributed by atoms with Gasteiger partial charge in [0.25, 0.3) is 0 Å². The second-order valence-corrected chi connectivity index (χ2v) is 9.13. The lowest BCUT2D eigenvalue weighted by Gasteiger charge is -2.51. The van der Waals surface area contributed by atoms with E-state index in [1.165, 1.54) is 0 Å². The van der Waals surface area contributed by atoms with Gasteiger partial charge in [0.05, 0.1) is 17.8 Å². The number of para-hydroxylation sites is 3. The Kier molecular flexibility index (Phi) is 5.17. The lowest BCUT2D eigenvalue weighted by molar-refractivity contribution is -0.117. The zero-order valence-corrected chi connectivity index (χ0v) is 18.4. The van der Waals surface area contributed by atoms with E-state index >= 15 is 0 Å². The molecule has 2 heterocycles. The number of anilines is 2. The number of likely N-dealkylation sites (tertiary alicyclic amines) is 1. The zero-order valence-electron chi connectivity index (χ0n) is 17.7. The Bertz CT molecular complexity index is 1050. The van der Waals surface area contributed by atoms with Crippen molar-refractivity contribution in [2.24, 2.45) is 0 Å². The minimum atomic E-state index is -0.830. The van der Waals surface area contributed by atoms with Crippen LogP contribution in [0.25, 0.3) is 0 Å². The third kappa shape index (κ3) is 3.80. The maximum Gasteiger partial charge on any atom is 0.178 e. The summed E-state index contributed by atoms with van der Waals surface area (Å²) in [6, 6.07) is 26.2. The van der Waals surface area contributed by atoms with Gasteiger partial charge in [-0.15, -0.1) is 0 Å². The number of hydrogen-bond donors (Lipinski definition) is 1. The zero-order chi connectivity index (χ0) is 21.5. The van der Waals surface area contributed by atoms with Crippen LogP contribution in [0.1, 0.15) is 25.3 Å². The van der Waals surface area contributed by atoms with E-state index in [-0.39, 0.29) is 0 Å². The SMILES string of the molecule is CC1(N2CCC(O)(c3ccc(Cl)cc3)CC2)CN(c2ccccc2)c2ccccc2O1. The van der Waals surface area contributed by atoms with Crippen molar-refractivity contribution in [3.05, 3.63) is 89.4 Å². The number of benzene rings is 3. The topological polar surface area (TPSA) is 35.9 Å². The Balaban J connectivity index is 1.40. The van der Waals surface area contributed by atoms with E-state index in [0.717, 1.165) is 35.8 Å². The molecule has 1 N–H and O–H groups in total. The molecule has 5 rings (SSSR count). The molecule has 3 aromatic rings. The number of halogens is 1. The molecule has 2 aliphatic rings. The molecule has 0 bridgehead atoms. The van der Waals surface area contributed by atoms with E-state index in [4.69, 9.17) is 16.3 Å². The molecular weight excluding hydrogens is 408 g/mol. The van der Waals surface area contributed by atoms with Gasteiger partial charge < -0.3 is 14.7 Å². The lowest BCUT2D eigenvalue weighted by atomic mass is 9.83. The van der Waals surface area contributed by atoms with Crippen LogP contribution >= 0.6 is 11.6 Å². The van der Waals surface area contributed by atoms with Crippen LogP contribution in [0, 0.1) is 0 Å². The van der Waals surface area contributed by atoms with E-state index in [0.29, 0.717) is 24.4 Å². The number of hydrogen-bond acceptors (Lipinski definition) is 4. The highest BCUT2D eigenvalue weighted by Gasteiger charge is 2.45. The molecule has 1 saturated heterocycles. The van der Waals surface area contributed by atoms with Crippen LogP contribution in [0.4, 0.5) is 11.4 Å². The van der Waals surface area contributed by atoms with Gasteiger partial charge in [-0.05, 0) is 61.7 Å². The number of aliphatic hydroxyl groups is 1.